The van der Waals surface area contributed by atoms with Crippen molar-refractivity contribution in [1.29, 1.82) is 0 Å². The molecule has 0 amide bonds. The minimum absolute atomic E-state index is 0.240. The normalized spacial score (nSPS) is 12.2. The summed E-state index contributed by atoms with van der Waals surface area (Å²) in [7, 11) is 4.03. The first-order chi connectivity index (χ1) is 8.00. The maximum absolute atomic E-state index is 10.7. The standard InChI is InChI=1S/C14H21NO2/c1-11(14(16)17)5-4-6-12-7-9-13(10-8-12)15(2)3/h7-11H,4-6H2,1-3H3,(H,16,17). The van der Waals surface area contributed by atoms with E-state index in [1.165, 1.54) is 11.3 Å². The lowest BCUT2D eigenvalue weighted by molar-refractivity contribution is -0.141. The second kappa shape index (κ2) is 6.28. The Balaban J connectivity index is 2.40. The van der Waals surface area contributed by atoms with Gasteiger partial charge in [-0.05, 0) is 37.0 Å². The lowest BCUT2D eigenvalue weighted by Crippen LogP contribution is -2.09. The molecule has 0 aliphatic rings. The van der Waals surface area contributed by atoms with Crippen LogP contribution in [-0.2, 0) is 11.2 Å². The lowest BCUT2D eigenvalue weighted by Gasteiger charge is -2.12. The highest BCUT2D eigenvalue weighted by Gasteiger charge is 2.09. The van der Waals surface area contributed by atoms with Gasteiger partial charge in [0, 0.05) is 19.8 Å². The van der Waals surface area contributed by atoms with Crippen molar-refractivity contribution in [2.45, 2.75) is 26.2 Å². The van der Waals surface area contributed by atoms with Gasteiger partial charge in [-0.2, -0.15) is 0 Å². The summed E-state index contributed by atoms with van der Waals surface area (Å²) in [5.41, 5.74) is 2.46. The molecule has 0 heterocycles. The van der Waals surface area contributed by atoms with Crippen molar-refractivity contribution < 1.29 is 9.90 Å². The Bertz CT molecular complexity index is 357. The van der Waals surface area contributed by atoms with E-state index in [1.54, 1.807) is 6.92 Å². The van der Waals surface area contributed by atoms with Gasteiger partial charge in [-0.1, -0.05) is 19.1 Å². The summed E-state index contributed by atoms with van der Waals surface area (Å²) >= 11 is 0. The monoisotopic (exact) mass is 235 g/mol. The predicted molar refractivity (Wildman–Crippen MR) is 70.5 cm³/mol. The number of hydrogen-bond acceptors (Lipinski definition) is 2. The minimum Gasteiger partial charge on any atom is -0.481 e. The molecule has 3 nitrogen and oxygen atoms in total. The van der Waals surface area contributed by atoms with Gasteiger partial charge in [-0.3, -0.25) is 4.79 Å². The van der Waals surface area contributed by atoms with Crippen molar-refractivity contribution in [3.8, 4) is 0 Å². The Morgan fingerprint density at radius 1 is 1.29 bits per heavy atom. The van der Waals surface area contributed by atoms with Crippen LogP contribution in [0, 0.1) is 5.92 Å². The van der Waals surface area contributed by atoms with E-state index in [0.29, 0.717) is 0 Å². The first-order valence-electron chi connectivity index (χ1n) is 5.99. The van der Waals surface area contributed by atoms with Crippen molar-refractivity contribution in [2.75, 3.05) is 19.0 Å². The van der Waals surface area contributed by atoms with Crippen molar-refractivity contribution >= 4 is 11.7 Å². The molecular weight excluding hydrogens is 214 g/mol. The highest BCUT2D eigenvalue weighted by Crippen LogP contribution is 2.15. The molecule has 0 radical (unpaired) electrons. The number of carbonyl (C=O) groups is 1. The molecule has 3 heteroatoms. The van der Waals surface area contributed by atoms with Crippen LogP contribution in [-0.4, -0.2) is 25.2 Å². The van der Waals surface area contributed by atoms with Crippen molar-refractivity contribution in [3.05, 3.63) is 29.8 Å². The number of aliphatic carboxylic acids is 1. The van der Waals surface area contributed by atoms with E-state index < -0.39 is 5.97 Å². The summed E-state index contributed by atoms with van der Waals surface area (Å²) in [4.78, 5) is 12.7. The van der Waals surface area contributed by atoms with E-state index >= 15 is 0 Å². The topological polar surface area (TPSA) is 40.5 Å². The van der Waals surface area contributed by atoms with Crippen LogP contribution in [0.1, 0.15) is 25.3 Å². The van der Waals surface area contributed by atoms with Crippen LogP contribution in [0.2, 0.25) is 0 Å². The largest absolute Gasteiger partial charge is 0.481 e. The third kappa shape index (κ3) is 4.47. The Kier molecular flexibility index (Phi) is 5.01. The van der Waals surface area contributed by atoms with Gasteiger partial charge in [0.2, 0.25) is 0 Å². The molecule has 1 unspecified atom stereocenters. The molecule has 0 bridgehead atoms. The summed E-state index contributed by atoms with van der Waals surface area (Å²) in [6, 6.07) is 8.41. The maximum Gasteiger partial charge on any atom is 0.306 e. The Hall–Kier alpha value is -1.51. The quantitative estimate of drug-likeness (QED) is 0.824. The molecule has 1 rings (SSSR count). The van der Waals surface area contributed by atoms with Gasteiger partial charge in [0.1, 0.15) is 0 Å². The number of anilines is 1. The number of carboxylic acids is 1. The van der Waals surface area contributed by atoms with Gasteiger partial charge < -0.3 is 10.0 Å². The van der Waals surface area contributed by atoms with E-state index in [9.17, 15) is 4.79 Å². The molecule has 0 aromatic heterocycles. The van der Waals surface area contributed by atoms with Gasteiger partial charge >= 0.3 is 5.97 Å². The van der Waals surface area contributed by atoms with E-state index in [1.807, 2.05) is 14.1 Å². The Labute approximate surface area is 103 Å². The lowest BCUT2D eigenvalue weighted by atomic mass is 10.0. The number of rotatable bonds is 6. The van der Waals surface area contributed by atoms with Crippen LogP contribution in [0.25, 0.3) is 0 Å². The smallest absolute Gasteiger partial charge is 0.306 e. The summed E-state index contributed by atoms with van der Waals surface area (Å²) in [5.74, 6) is -0.941. The molecule has 0 aliphatic carbocycles. The maximum atomic E-state index is 10.7. The van der Waals surface area contributed by atoms with Crippen LogP contribution in [0.3, 0.4) is 0 Å². The zero-order valence-corrected chi connectivity index (χ0v) is 10.8. The predicted octanol–water partition coefficient (Wildman–Crippen LogP) is 2.80. The molecule has 0 aliphatic heterocycles. The zero-order chi connectivity index (χ0) is 12.8. The van der Waals surface area contributed by atoms with E-state index in [0.717, 1.165) is 19.3 Å². The highest BCUT2D eigenvalue weighted by molar-refractivity contribution is 5.69. The fourth-order valence-electron chi connectivity index (χ4n) is 1.70. The number of aryl methyl sites for hydroxylation is 1. The van der Waals surface area contributed by atoms with Crippen LogP contribution in [0.5, 0.6) is 0 Å². The van der Waals surface area contributed by atoms with Gasteiger partial charge in [0.05, 0.1) is 5.92 Å². The minimum atomic E-state index is -0.701. The van der Waals surface area contributed by atoms with E-state index in [2.05, 4.69) is 29.2 Å². The summed E-state index contributed by atoms with van der Waals surface area (Å²) in [6.45, 7) is 1.76. The van der Waals surface area contributed by atoms with Crippen LogP contribution in [0.15, 0.2) is 24.3 Å². The summed E-state index contributed by atoms with van der Waals surface area (Å²) in [6.07, 6.45) is 2.62. The summed E-state index contributed by atoms with van der Waals surface area (Å²) in [5, 5.41) is 8.77. The molecule has 1 atom stereocenters. The van der Waals surface area contributed by atoms with Gasteiger partial charge in [0.25, 0.3) is 0 Å². The molecule has 1 aromatic carbocycles. The van der Waals surface area contributed by atoms with Crippen molar-refractivity contribution in [1.82, 2.24) is 0 Å². The Morgan fingerprint density at radius 3 is 2.35 bits per heavy atom. The number of benzene rings is 1. The number of hydrogen-bond donors (Lipinski definition) is 1. The Morgan fingerprint density at radius 2 is 1.88 bits per heavy atom. The molecule has 0 saturated heterocycles. The average molecular weight is 235 g/mol. The number of carboxylic acid groups (broad SMARTS) is 1. The molecule has 94 valence electrons. The molecule has 0 spiro atoms. The molecule has 0 fully saturated rings. The SMILES string of the molecule is CC(CCCc1ccc(N(C)C)cc1)C(=O)O. The van der Waals surface area contributed by atoms with E-state index in [-0.39, 0.29) is 5.92 Å². The van der Waals surface area contributed by atoms with Gasteiger partial charge in [-0.25, -0.2) is 0 Å². The second-order valence-electron chi connectivity index (χ2n) is 4.69. The second-order valence-corrected chi connectivity index (χ2v) is 4.69. The van der Waals surface area contributed by atoms with Gasteiger partial charge in [0.15, 0.2) is 0 Å². The zero-order valence-electron chi connectivity index (χ0n) is 10.8. The van der Waals surface area contributed by atoms with Crippen LogP contribution >= 0.6 is 0 Å². The molecular formula is C14H21NO2. The first-order valence-corrected chi connectivity index (χ1v) is 5.99. The number of nitrogens with zero attached hydrogens (tertiary/aromatic N) is 1. The average Bonchev–Trinajstić information content (AvgIpc) is 2.29. The fourth-order valence-corrected chi connectivity index (χ4v) is 1.70. The molecule has 0 saturated carbocycles. The molecule has 1 aromatic rings. The van der Waals surface area contributed by atoms with Gasteiger partial charge in [-0.15, -0.1) is 0 Å². The van der Waals surface area contributed by atoms with Crippen molar-refractivity contribution in [3.63, 3.8) is 0 Å². The third-order valence-electron chi connectivity index (χ3n) is 2.98. The molecule has 1 N–H and O–H groups in total. The van der Waals surface area contributed by atoms with Crippen molar-refractivity contribution in [2.24, 2.45) is 5.92 Å². The van der Waals surface area contributed by atoms with Crippen LogP contribution < -0.4 is 4.90 Å². The fraction of sp³-hybridized carbons (Fsp3) is 0.500. The molecule has 17 heavy (non-hydrogen) atoms. The first kappa shape index (κ1) is 13.6. The van der Waals surface area contributed by atoms with E-state index in [4.69, 9.17) is 5.11 Å². The highest BCUT2D eigenvalue weighted by atomic mass is 16.4. The summed E-state index contributed by atoms with van der Waals surface area (Å²) < 4.78 is 0. The van der Waals surface area contributed by atoms with Crippen LogP contribution in [0.4, 0.5) is 5.69 Å². The third-order valence-corrected chi connectivity index (χ3v) is 2.98.